The van der Waals surface area contributed by atoms with Crippen molar-refractivity contribution >= 4 is 21.8 Å². The van der Waals surface area contributed by atoms with Crippen LogP contribution in [0, 0.1) is 0 Å². The van der Waals surface area contributed by atoms with Crippen LogP contribution >= 0.6 is 15.9 Å². The second-order valence-electron chi connectivity index (χ2n) is 4.85. The van der Waals surface area contributed by atoms with Gasteiger partial charge in [-0.15, -0.1) is 0 Å². The van der Waals surface area contributed by atoms with Gasteiger partial charge in [0.05, 0.1) is 6.10 Å². The molecular weight excluding hydrogens is 310 g/mol. The highest BCUT2D eigenvalue weighted by molar-refractivity contribution is 9.10. The maximum Gasteiger partial charge on any atom is 0.268 e. The summed E-state index contributed by atoms with van der Waals surface area (Å²) in [5, 5.41) is 15.0. The van der Waals surface area contributed by atoms with Crippen LogP contribution in [0.15, 0.2) is 16.7 Å². The van der Waals surface area contributed by atoms with Crippen LogP contribution in [0.2, 0.25) is 0 Å². The van der Waals surface area contributed by atoms with Crippen molar-refractivity contribution in [2.45, 2.75) is 32.9 Å². The van der Waals surface area contributed by atoms with E-state index in [4.69, 9.17) is 5.11 Å². The molecule has 1 heterocycles. The van der Waals surface area contributed by atoms with Gasteiger partial charge in [-0.25, -0.2) is 0 Å². The highest BCUT2D eigenvalue weighted by Crippen LogP contribution is 2.19. The molecule has 0 radical (unpaired) electrons. The van der Waals surface area contributed by atoms with Crippen LogP contribution in [0.3, 0.4) is 0 Å². The fourth-order valence-corrected chi connectivity index (χ4v) is 2.16. The topological polar surface area (TPSA) is 66.3 Å². The Morgan fingerprint density at radius 1 is 1.42 bits per heavy atom. The number of amides is 1. The number of carbonyl (C=O) groups excluding carboxylic acids is 1. The fourth-order valence-electron chi connectivity index (χ4n) is 1.72. The molecule has 0 bridgehead atoms. The molecule has 0 saturated carbocycles. The number of aliphatic hydroxyl groups excluding tert-OH is 1. The molecule has 0 aliphatic heterocycles. The molecule has 1 atom stereocenters. The van der Waals surface area contributed by atoms with Gasteiger partial charge in [0.15, 0.2) is 0 Å². The predicted molar refractivity (Wildman–Crippen MR) is 79.4 cm³/mol. The van der Waals surface area contributed by atoms with Crippen molar-refractivity contribution in [1.29, 1.82) is 0 Å². The molecule has 0 aliphatic carbocycles. The first-order valence-corrected chi connectivity index (χ1v) is 7.25. The molecule has 0 aromatic carbocycles. The van der Waals surface area contributed by atoms with Gasteiger partial charge < -0.3 is 20.3 Å². The molecule has 19 heavy (non-hydrogen) atoms. The number of rotatable bonds is 7. The maximum atomic E-state index is 12.1. The average Bonchev–Trinajstić information content (AvgIpc) is 2.70. The number of hydrogen-bond acceptors (Lipinski definition) is 3. The monoisotopic (exact) mass is 331 g/mol. The first-order chi connectivity index (χ1) is 8.91. The Kier molecular flexibility index (Phi) is 6.54. The number of aliphatic hydroxyl groups is 1. The van der Waals surface area contributed by atoms with E-state index in [-0.39, 0.29) is 18.1 Å². The standard InChI is InChI=1S/C13H22BrN3O2/c1-9(2)17-8-11(14)6-12(17)13(19)16-5-4-15-7-10(3)18/h6,8-10,15,18H,4-5,7H2,1-3H3,(H,16,19). The van der Waals surface area contributed by atoms with Gasteiger partial charge in [0, 0.05) is 36.3 Å². The smallest absolute Gasteiger partial charge is 0.268 e. The molecule has 6 heteroatoms. The summed E-state index contributed by atoms with van der Waals surface area (Å²) >= 11 is 3.39. The number of aromatic nitrogens is 1. The number of halogens is 1. The maximum absolute atomic E-state index is 12.1. The van der Waals surface area contributed by atoms with Crippen LogP contribution in [0.1, 0.15) is 37.3 Å². The molecule has 0 saturated heterocycles. The average molecular weight is 332 g/mol. The molecule has 1 unspecified atom stereocenters. The largest absolute Gasteiger partial charge is 0.392 e. The molecule has 108 valence electrons. The summed E-state index contributed by atoms with van der Waals surface area (Å²) in [5.41, 5.74) is 0.650. The lowest BCUT2D eigenvalue weighted by atomic mass is 10.3. The van der Waals surface area contributed by atoms with Gasteiger partial charge in [0.1, 0.15) is 5.69 Å². The first kappa shape index (κ1) is 16.2. The number of carbonyl (C=O) groups is 1. The van der Waals surface area contributed by atoms with Crippen LogP contribution in [0.25, 0.3) is 0 Å². The van der Waals surface area contributed by atoms with E-state index in [9.17, 15) is 4.79 Å². The Morgan fingerprint density at radius 3 is 2.68 bits per heavy atom. The van der Waals surface area contributed by atoms with E-state index >= 15 is 0 Å². The third-order valence-electron chi connectivity index (χ3n) is 2.63. The summed E-state index contributed by atoms with van der Waals surface area (Å²) in [6.07, 6.45) is 1.54. The summed E-state index contributed by atoms with van der Waals surface area (Å²) in [6.45, 7) is 7.50. The summed E-state index contributed by atoms with van der Waals surface area (Å²) in [7, 11) is 0. The molecule has 1 amide bonds. The first-order valence-electron chi connectivity index (χ1n) is 6.46. The Labute approximate surface area is 122 Å². The van der Waals surface area contributed by atoms with Crippen molar-refractivity contribution in [3.05, 3.63) is 22.4 Å². The summed E-state index contributed by atoms with van der Waals surface area (Å²) in [5.74, 6) is -0.0850. The Bertz CT molecular complexity index is 416. The third kappa shape index (κ3) is 5.34. The molecule has 5 nitrogen and oxygen atoms in total. The van der Waals surface area contributed by atoms with Crippen LogP contribution in [-0.2, 0) is 0 Å². The van der Waals surface area contributed by atoms with Crippen LogP contribution in [0.4, 0.5) is 0 Å². The molecule has 0 fully saturated rings. The zero-order chi connectivity index (χ0) is 14.4. The van der Waals surface area contributed by atoms with E-state index in [1.807, 2.05) is 30.7 Å². The molecule has 1 rings (SSSR count). The minimum absolute atomic E-state index is 0.0850. The van der Waals surface area contributed by atoms with Crippen molar-refractivity contribution in [3.8, 4) is 0 Å². The van der Waals surface area contributed by atoms with Gasteiger partial charge in [-0.2, -0.15) is 0 Å². The third-order valence-corrected chi connectivity index (χ3v) is 3.06. The molecule has 0 aliphatic rings. The normalized spacial score (nSPS) is 12.7. The Morgan fingerprint density at radius 2 is 2.11 bits per heavy atom. The predicted octanol–water partition coefficient (Wildman–Crippen LogP) is 1.53. The van der Waals surface area contributed by atoms with E-state index in [1.165, 1.54) is 0 Å². The van der Waals surface area contributed by atoms with Crippen molar-refractivity contribution < 1.29 is 9.90 Å². The van der Waals surface area contributed by atoms with E-state index in [0.29, 0.717) is 25.3 Å². The van der Waals surface area contributed by atoms with Gasteiger partial charge in [-0.1, -0.05) is 0 Å². The number of nitrogens with one attached hydrogen (secondary N) is 2. The fraction of sp³-hybridized carbons (Fsp3) is 0.615. The lowest BCUT2D eigenvalue weighted by Crippen LogP contribution is -2.35. The van der Waals surface area contributed by atoms with Gasteiger partial charge >= 0.3 is 0 Å². The lowest BCUT2D eigenvalue weighted by Gasteiger charge is -2.13. The van der Waals surface area contributed by atoms with E-state index in [0.717, 1.165) is 4.47 Å². The molecule has 3 N–H and O–H groups in total. The number of nitrogens with zero attached hydrogens (tertiary/aromatic N) is 1. The van der Waals surface area contributed by atoms with E-state index < -0.39 is 0 Å². The van der Waals surface area contributed by atoms with Gasteiger partial charge in [-0.3, -0.25) is 4.79 Å². The zero-order valence-electron chi connectivity index (χ0n) is 11.6. The van der Waals surface area contributed by atoms with Gasteiger partial charge in [0.25, 0.3) is 5.91 Å². The summed E-state index contributed by atoms with van der Waals surface area (Å²) in [6, 6.07) is 2.05. The molecule has 0 spiro atoms. The van der Waals surface area contributed by atoms with Crippen molar-refractivity contribution in [1.82, 2.24) is 15.2 Å². The van der Waals surface area contributed by atoms with Crippen molar-refractivity contribution in [2.75, 3.05) is 19.6 Å². The quantitative estimate of drug-likeness (QED) is 0.664. The SMILES string of the molecule is CC(O)CNCCNC(=O)c1cc(Br)cn1C(C)C. The van der Waals surface area contributed by atoms with E-state index in [2.05, 4.69) is 26.6 Å². The second-order valence-corrected chi connectivity index (χ2v) is 5.77. The molecular formula is C13H22BrN3O2. The van der Waals surface area contributed by atoms with Crippen molar-refractivity contribution in [2.24, 2.45) is 0 Å². The van der Waals surface area contributed by atoms with Crippen molar-refractivity contribution in [3.63, 3.8) is 0 Å². The Balaban J connectivity index is 2.45. The highest BCUT2D eigenvalue weighted by atomic mass is 79.9. The second kappa shape index (κ2) is 7.67. The van der Waals surface area contributed by atoms with Crippen LogP contribution < -0.4 is 10.6 Å². The molecule has 1 aromatic rings. The van der Waals surface area contributed by atoms with Crippen LogP contribution in [0.5, 0.6) is 0 Å². The van der Waals surface area contributed by atoms with Crippen LogP contribution in [-0.4, -0.2) is 41.3 Å². The van der Waals surface area contributed by atoms with E-state index in [1.54, 1.807) is 6.92 Å². The highest BCUT2D eigenvalue weighted by Gasteiger charge is 2.14. The zero-order valence-corrected chi connectivity index (χ0v) is 13.2. The number of hydrogen-bond donors (Lipinski definition) is 3. The minimum Gasteiger partial charge on any atom is -0.392 e. The Hall–Kier alpha value is -0.850. The summed E-state index contributed by atoms with van der Waals surface area (Å²) in [4.78, 5) is 12.1. The van der Waals surface area contributed by atoms with Gasteiger partial charge in [-0.05, 0) is 42.8 Å². The minimum atomic E-state index is -0.371. The lowest BCUT2D eigenvalue weighted by molar-refractivity contribution is 0.0943. The summed E-state index contributed by atoms with van der Waals surface area (Å²) < 4.78 is 2.83. The van der Waals surface area contributed by atoms with Gasteiger partial charge in [0.2, 0.25) is 0 Å². The molecule has 1 aromatic heterocycles.